The molecule has 0 spiro atoms. The van der Waals surface area contributed by atoms with Crippen LogP contribution in [0.1, 0.15) is 15.9 Å². The van der Waals surface area contributed by atoms with Gasteiger partial charge in [-0.15, -0.1) is 0 Å². The number of carbonyl (C=O) groups is 1. The fourth-order valence-corrected chi connectivity index (χ4v) is 0.953. The third-order valence-corrected chi connectivity index (χ3v) is 1.54. The van der Waals surface area contributed by atoms with Crippen LogP contribution >= 0.6 is 0 Å². The molecule has 0 aliphatic rings. The number of hydrogen-bond donors (Lipinski definition) is 0. The number of carbonyl (C=O) groups excluding carboxylic acids is 1. The second-order valence-electron chi connectivity index (χ2n) is 2.32. The fourth-order valence-electron chi connectivity index (χ4n) is 0.953. The Hall–Kier alpha value is -1.95. The third-order valence-electron chi connectivity index (χ3n) is 1.54. The van der Waals surface area contributed by atoms with Crippen molar-refractivity contribution in [2.45, 2.75) is 0 Å². The van der Waals surface area contributed by atoms with Gasteiger partial charge >= 0.3 is 0 Å². The summed E-state index contributed by atoms with van der Waals surface area (Å²) >= 11 is 0. The van der Waals surface area contributed by atoms with Crippen LogP contribution in [-0.4, -0.2) is 6.29 Å². The van der Waals surface area contributed by atoms with E-state index in [0.717, 1.165) is 6.08 Å². The van der Waals surface area contributed by atoms with E-state index in [0.29, 0.717) is 6.29 Å². The number of allylic oxidation sites excluding steroid dienone is 1. The predicted molar refractivity (Wildman–Crippen MR) is 46.4 cm³/mol. The first-order valence-corrected chi connectivity index (χ1v) is 3.59. The van der Waals surface area contributed by atoms with Crippen LogP contribution < -0.4 is 0 Å². The molecule has 0 amide bonds. The molecular weight excluding hydrogens is 169 g/mol. The summed E-state index contributed by atoms with van der Waals surface area (Å²) in [4.78, 5) is 10.5. The molecule has 0 aliphatic heterocycles. The maximum absolute atomic E-state index is 13.0. The lowest BCUT2D eigenvalue weighted by Gasteiger charge is -1.98. The fraction of sp³-hybridized carbons (Fsp3) is 0. The van der Waals surface area contributed by atoms with Gasteiger partial charge in [0, 0.05) is 17.2 Å². The van der Waals surface area contributed by atoms with Crippen molar-refractivity contribution in [1.29, 1.82) is 5.26 Å². The second kappa shape index (κ2) is 4.17. The summed E-state index contributed by atoms with van der Waals surface area (Å²) in [5, 5.41) is 8.23. The molecule has 0 aromatic heterocycles. The van der Waals surface area contributed by atoms with E-state index in [1.807, 2.05) is 0 Å². The van der Waals surface area contributed by atoms with Gasteiger partial charge in [0.25, 0.3) is 0 Å². The molecule has 1 aromatic carbocycles. The van der Waals surface area contributed by atoms with Crippen LogP contribution in [0.3, 0.4) is 0 Å². The number of nitriles is 1. The smallest absolute Gasteiger partial charge is 0.150 e. The lowest BCUT2D eigenvalue weighted by atomic mass is 10.1. The van der Waals surface area contributed by atoms with E-state index in [-0.39, 0.29) is 11.1 Å². The van der Waals surface area contributed by atoms with E-state index in [1.54, 1.807) is 6.07 Å². The summed E-state index contributed by atoms with van der Waals surface area (Å²) in [5.41, 5.74) is 0.394. The minimum atomic E-state index is -0.504. The summed E-state index contributed by atoms with van der Waals surface area (Å²) < 4.78 is 13.0. The SMILES string of the molecule is N#CC=Cc1c(F)cccc1C=O. The zero-order valence-electron chi connectivity index (χ0n) is 6.70. The van der Waals surface area contributed by atoms with Gasteiger partial charge in [-0.05, 0) is 12.1 Å². The van der Waals surface area contributed by atoms with Crippen LogP contribution in [0.5, 0.6) is 0 Å². The average molecular weight is 175 g/mol. The summed E-state index contributed by atoms with van der Waals surface area (Å²) in [6.45, 7) is 0. The number of halogens is 1. The highest BCUT2D eigenvalue weighted by molar-refractivity contribution is 5.82. The van der Waals surface area contributed by atoms with Crippen molar-refractivity contribution in [2.75, 3.05) is 0 Å². The molecule has 0 unspecified atom stereocenters. The number of rotatable bonds is 2. The Bertz CT molecular complexity index is 390. The molecule has 0 bridgehead atoms. The monoisotopic (exact) mass is 175 g/mol. The lowest BCUT2D eigenvalue weighted by molar-refractivity contribution is 0.112. The first-order valence-electron chi connectivity index (χ1n) is 3.59. The zero-order valence-corrected chi connectivity index (χ0v) is 6.70. The zero-order chi connectivity index (χ0) is 9.68. The highest BCUT2D eigenvalue weighted by Gasteiger charge is 2.03. The van der Waals surface area contributed by atoms with Crippen molar-refractivity contribution in [2.24, 2.45) is 0 Å². The molecule has 0 heterocycles. The first-order chi connectivity index (χ1) is 6.29. The largest absolute Gasteiger partial charge is 0.298 e. The van der Waals surface area contributed by atoms with Crippen molar-refractivity contribution >= 4 is 12.4 Å². The molecule has 3 heteroatoms. The number of hydrogen-bond acceptors (Lipinski definition) is 2. The molecule has 1 rings (SSSR count). The van der Waals surface area contributed by atoms with E-state index >= 15 is 0 Å². The Balaban J connectivity index is 3.24. The average Bonchev–Trinajstić information content (AvgIpc) is 2.15. The third kappa shape index (κ3) is 2.00. The molecule has 0 fully saturated rings. The van der Waals surface area contributed by atoms with Crippen molar-refractivity contribution in [3.05, 3.63) is 41.2 Å². The Labute approximate surface area is 74.9 Å². The molecule has 64 valence electrons. The number of benzene rings is 1. The van der Waals surface area contributed by atoms with E-state index in [2.05, 4.69) is 0 Å². The Morgan fingerprint density at radius 2 is 2.23 bits per heavy atom. The van der Waals surface area contributed by atoms with Gasteiger partial charge in [-0.3, -0.25) is 4.79 Å². The molecule has 0 N–H and O–H groups in total. The molecule has 0 saturated heterocycles. The van der Waals surface area contributed by atoms with Gasteiger partial charge in [-0.1, -0.05) is 12.1 Å². The Morgan fingerprint density at radius 3 is 2.85 bits per heavy atom. The van der Waals surface area contributed by atoms with Gasteiger partial charge < -0.3 is 0 Å². The predicted octanol–water partition coefficient (Wildman–Crippen LogP) is 2.17. The minimum Gasteiger partial charge on any atom is -0.298 e. The summed E-state index contributed by atoms with van der Waals surface area (Å²) in [6.07, 6.45) is 2.96. The molecule has 0 aliphatic carbocycles. The van der Waals surface area contributed by atoms with E-state index in [4.69, 9.17) is 5.26 Å². The van der Waals surface area contributed by atoms with Crippen LogP contribution in [0.25, 0.3) is 6.08 Å². The minimum absolute atomic E-state index is 0.152. The number of aldehydes is 1. The maximum Gasteiger partial charge on any atom is 0.150 e. The molecule has 1 aromatic rings. The molecule has 0 saturated carbocycles. The molecular formula is C10H6FNO. The van der Waals surface area contributed by atoms with Crippen molar-refractivity contribution in [3.8, 4) is 6.07 Å². The van der Waals surface area contributed by atoms with Crippen LogP contribution in [0.4, 0.5) is 4.39 Å². The topological polar surface area (TPSA) is 40.9 Å². The van der Waals surface area contributed by atoms with Gasteiger partial charge in [0.2, 0.25) is 0 Å². The molecule has 13 heavy (non-hydrogen) atoms. The molecule has 0 radical (unpaired) electrons. The van der Waals surface area contributed by atoms with Gasteiger partial charge in [0.05, 0.1) is 6.07 Å². The van der Waals surface area contributed by atoms with Gasteiger partial charge in [0.15, 0.2) is 6.29 Å². The molecule has 0 atom stereocenters. The second-order valence-corrected chi connectivity index (χ2v) is 2.32. The van der Waals surface area contributed by atoms with E-state index in [9.17, 15) is 9.18 Å². The summed E-state index contributed by atoms with van der Waals surface area (Å²) in [7, 11) is 0. The van der Waals surface area contributed by atoms with Crippen LogP contribution in [0.15, 0.2) is 24.3 Å². The van der Waals surface area contributed by atoms with Crippen LogP contribution in [0.2, 0.25) is 0 Å². The van der Waals surface area contributed by atoms with E-state index < -0.39 is 5.82 Å². The van der Waals surface area contributed by atoms with Crippen molar-refractivity contribution in [1.82, 2.24) is 0 Å². The molecule has 2 nitrogen and oxygen atoms in total. The highest BCUT2D eigenvalue weighted by Crippen LogP contribution is 2.13. The van der Waals surface area contributed by atoms with Gasteiger partial charge in [0.1, 0.15) is 5.82 Å². The summed E-state index contributed by atoms with van der Waals surface area (Å²) in [5.74, 6) is -0.504. The van der Waals surface area contributed by atoms with Crippen LogP contribution in [-0.2, 0) is 0 Å². The highest BCUT2D eigenvalue weighted by atomic mass is 19.1. The van der Waals surface area contributed by atoms with Crippen molar-refractivity contribution < 1.29 is 9.18 Å². The van der Waals surface area contributed by atoms with Gasteiger partial charge in [-0.25, -0.2) is 4.39 Å². The maximum atomic E-state index is 13.0. The lowest BCUT2D eigenvalue weighted by Crippen LogP contribution is -1.89. The standard InChI is InChI=1S/C10H6FNO/c11-10-5-1-3-8(7-13)9(10)4-2-6-12/h1-5,7H. The van der Waals surface area contributed by atoms with E-state index in [1.165, 1.54) is 24.3 Å². The Kier molecular flexibility index (Phi) is 2.93. The summed E-state index contributed by atoms with van der Waals surface area (Å²) in [6, 6.07) is 5.91. The normalized spacial score (nSPS) is 9.85. The Morgan fingerprint density at radius 1 is 1.46 bits per heavy atom. The first kappa shape index (κ1) is 9.14. The quantitative estimate of drug-likeness (QED) is 0.510. The number of nitrogens with zero attached hydrogens (tertiary/aromatic N) is 1. The van der Waals surface area contributed by atoms with Gasteiger partial charge in [-0.2, -0.15) is 5.26 Å². The van der Waals surface area contributed by atoms with Crippen molar-refractivity contribution in [3.63, 3.8) is 0 Å². The van der Waals surface area contributed by atoms with Crippen LogP contribution in [0, 0.1) is 17.1 Å².